The predicted octanol–water partition coefficient (Wildman–Crippen LogP) is 7.24. The Hall–Kier alpha value is -4.13. The van der Waals surface area contributed by atoms with E-state index in [1.165, 1.54) is 18.2 Å². The molecule has 200 valence electrons. The highest BCUT2D eigenvalue weighted by Crippen LogP contribution is 2.40. The highest BCUT2D eigenvalue weighted by Gasteiger charge is 2.36. The summed E-state index contributed by atoms with van der Waals surface area (Å²) < 4.78 is 11.3. The topological polar surface area (TPSA) is 142 Å². The quantitative estimate of drug-likeness (QED) is 0.143. The zero-order valence-electron chi connectivity index (χ0n) is 20.0. The van der Waals surface area contributed by atoms with Crippen LogP contribution >= 0.6 is 35.0 Å². The van der Waals surface area contributed by atoms with Crippen molar-refractivity contribution in [1.29, 1.82) is 0 Å². The first kappa shape index (κ1) is 27.9. The Morgan fingerprint density at radius 2 is 1.64 bits per heavy atom. The summed E-state index contributed by atoms with van der Waals surface area (Å²) in [6.07, 6.45) is 1.50. The molecule has 0 N–H and O–H groups in total. The molecule has 0 unspecified atom stereocenters. The molecule has 3 aromatic carbocycles. The molecule has 0 aliphatic carbocycles. The molecule has 1 fully saturated rings. The summed E-state index contributed by atoms with van der Waals surface area (Å²) in [5, 5.41) is 22.6. The molecular formula is C25H17Cl2N3O8S. The molecule has 1 aliphatic heterocycles. The minimum atomic E-state index is -0.789. The molecule has 2 amide bonds. The Labute approximate surface area is 235 Å². The lowest BCUT2D eigenvalue weighted by Gasteiger charge is -2.14. The maximum absolute atomic E-state index is 13.0. The van der Waals surface area contributed by atoms with E-state index in [0.29, 0.717) is 21.2 Å². The minimum absolute atomic E-state index is 0.0918. The first-order valence-electron chi connectivity index (χ1n) is 11.1. The predicted molar refractivity (Wildman–Crippen MR) is 145 cm³/mol. The summed E-state index contributed by atoms with van der Waals surface area (Å²) >= 11 is 13.1. The van der Waals surface area contributed by atoms with Crippen LogP contribution in [0.15, 0.2) is 59.5 Å². The van der Waals surface area contributed by atoms with Crippen molar-refractivity contribution < 1.29 is 28.9 Å². The van der Waals surface area contributed by atoms with Crippen molar-refractivity contribution >= 4 is 63.6 Å². The number of rotatable bonds is 9. The number of nitro groups is 2. The number of benzene rings is 3. The summed E-state index contributed by atoms with van der Waals surface area (Å²) in [7, 11) is 0. The van der Waals surface area contributed by atoms with Gasteiger partial charge in [-0.25, -0.2) is 0 Å². The van der Waals surface area contributed by atoms with Gasteiger partial charge in [0.25, 0.3) is 16.8 Å². The summed E-state index contributed by atoms with van der Waals surface area (Å²) in [5.74, 6) is -0.451. The second-order valence-electron chi connectivity index (χ2n) is 7.88. The van der Waals surface area contributed by atoms with Gasteiger partial charge in [-0.1, -0.05) is 35.3 Å². The second kappa shape index (κ2) is 11.7. The number of carbonyl (C=O) groups is 2. The maximum atomic E-state index is 13.0. The average molecular weight is 590 g/mol. The van der Waals surface area contributed by atoms with Gasteiger partial charge in [0, 0.05) is 21.7 Å². The van der Waals surface area contributed by atoms with Crippen LogP contribution in [-0.4, -0.2) is 32.5 Å². The molecule has 0 bridgehead atoms. The van der Waals surface area contributed by atoms with E-state index in [4.69, 9.17) is 32.7 Å². The Morgan fingerprint density at radius 3 is 2.28 bits per heavy atom. The zero-order valence-corrected chi connectivity index (χ0v) is 22.3. The van der Waals surface area contributed by atoms with Crippen LogP contribution < -0.4 is 9.47 Å². The summed E-state index contributed by atoms with van der Waals surface area (Å²) in [4.78, 5) is 47.7. The number of imide groups is 1. The van der Waals surface area contributed by atoms with Crippen LogP contribution in [0, 0.1) is 20.2 Å². The zero-order chi connectivity index (χ0) is 28.3. The monoisotopic (exact) mass is 589 g/mol. The molecule has 0 aromatic heterocycles. The molecule has 14 heteroatoms. The lowest BCUT2D eigenvalue weighted by molar-refractivity contribution is -0.394. The van der Waals surface area contributed by atoms with Crippen LogP contribution in [0.2, 0.25) is 10.0 Å². The van der Waals surface area contributed by atoms with Gasteiger partial charge in [-0.15, -0.1) is 0 Å². The van der Waals surface area contributed by atoms with E-state index >= 15 is 0 Å². The normalized spacial score (nSPS) is 14.1. The van der Waals surface area contributed by atoms with Gasteiger partial charge in [-0.05, 0) is 60.7 Å². The number of hydrogen-bond donors (Lipinski definition) is 0. The third kappa shape index (κ3) is 6.14. The molecule has 3 aromatic rings. The first-order valence-corrected chi connectivity index (χ1v) is 12.7. The fraction of sp³-hybridized carbons (Fsp3) is 0.120. The average Bonchev–Trinajstić information content (AvgIpc) is 3.14. The molecule has 1 aliphatic rings. The van der Waals surface area contributed by atoms with Gasteiger partial charge in [0.1, 0.15) is 0 Å². The van der Waals surface area contributed by atoms with Crippen molar-refractivity contribution in [2.75, 3.05) is 6.61 Å². The Balaban J connectivity index is 1.61. The highest BCUT2D eigenvalue weighted by molar-refractivity contribution is 8.18. The van der Waals surface area contributed by atoms with Gasteiger partial charge in [0.05, 0.1) is 34.0 Å². The molecule has 0 spiro atoms. The van der Waals surface area contributed by atoms with Crippen molar-refractivity contribution in [2.24, 2.45) is 0 Å². The third-order valence-electron chi connectivity index (χ3n) is 5.39. The van der Waals surface area contributed by atoms with Gasteiger partial charge < -0.3 is 9.47 Å². The summed E-state index contributed by atoms with van der Waals surface area (Å²) in [5.41, 5.74) is -0.113. The molecule has 39 heavy (non-hydrogen) atoms. The molecule has 0 atom stereocenters. The number of nitrogens with zero attached hydrogens (tertiary/aromatic N) is 3. The minimum Gasteiger partial charge on any atom is -0.490 e. The van der Waals surface area contributed by atoms with Gasteiger partial charge in [0.15, 0.2) is 11.5 Å². The molecule has 1 heterocycles. The van der Waals surface area contributed by atoms with E-state index in [-0.39, 0.29) is 35.3 Å². The van der Waals surface area contributed by atoms with Crippen molar-refractivity contribution in [3.8, 4) is 17.2 Å². The van der Waals surface area contributed by atoms with Gasteiger partial charge in [-0.3, -0.25) is 34.7 Å². The van der Waals surface area contributed by atoms with Crippen LogP contribution in [0.3, 0.4) is 0 Å². The van der Waals surface area contributed by atoms with E-state index in [0.717, 1.165) is 34.9 Å². The van der Waals surface area contributed by atoms with Crippen molar-refractivity contribution in [2.45, 2.75) is 13.5 Å². The number of non-ortho nitro benzene ring substituents is 1. The van der Waals surface area contributed by atoms with Crippen LogP contribution in [0.25, 0.3) is 6.08 Å². The number of ether oxygens (including phenoxy) is 2. The molecule has 11 nitrogen and oxygen atoms in total. The molecular weight excluding hydrogens is 573 g/mol. The van der Waals surface area contributed by atoms with E-state index in [1.807, 2.05) is 0 Å². The highest BCUT2D eigenvalue weighted by atomic mass is 35.5. The SMILES string of the molecule is CCOc1cc(/C=C2/SC(=O)N(Cc3c(Cl)cccc3Cl)C2=O)ccc1Oc1ccc([N+](=O)[O-])cc1[N+](=O)[O-]. The lowest BCUT2D eigenvalue weighted by atomic mass is 10.1. The van der Waals surface area contributed by atoms with Crippen molar-refractivity contribution in [3.63, 3.8) is 0 Å². The maximum Gasteiger partial charge on any atom is 0.318 e. The molecule has 1 saturated heterocycles. The van der Waals surface area contributed by atoms with Crippen molar-refractivity contribution in [3.05, 3.63) is 101 Å². The van der Waals surface area contributed by atoms with E-state index < -0.39 is 32.4 Å². The number of thioether (sulfide) groups is 1. The smallest absolute Gasteiger partial charge is 0.318 e. The van der Waals surface area contributed by atoms with Crippen LogP contribution in [0.4, 0.5) is 16.2 Å². The molecule has 0 saturated carbocycles. The Bertz CT molecular complexity index is 1530. The fourth-order valence-electron chi connectivity index (χ4n) is 3.56. The number of carbonyl (C=O) groups excluding carboxylic acids is 2. The standard InChI is InChI=1S/C25H17Cl2N3O8S/c1-2-37-22-10-14(6-8-21(22)38-20-9-7-15(29(33)34)12-19(20)30(35)36)11-23-24(31)28(25(32)39-23)13-16-17(26)4-3-5-18(16)27/h3-12H,2,13H2,1H3/b23-11+. The lowest BCUT2D eigenvalue weighted by Crippen LogP contribution is -2.27. The van der Waals surface area contributed by atoms with Crippen molar-refractivity contribution in [1.82, 2.24) is 4.90 Å². The number of nitro benzene ring substituents is 2. The molecule has 4 rings (SSSR count). The summed E-state index contributed by atoms with van der Waals surface area (Å²) in [6.45, 7) is 1.85. The van der Waals surface area contributed by atoms with E-state index in [9.17, 15) is 29.8 Å². The van der Waals surface area contributed by atoms with E-state index in [2.05, 4.69) is 0 Å². The Morgan fingerprint density at radius 1 is 0.949 bits per heavy atom. The fourth-order valence-corrected chi connectivity index (χ4v) is 4.92. The van der Waals surface area contributed by atoms with Crippen LogP contribution in [0.1, 0.15) is 18.1 Å². The van der Waals surface area contributed by atoms with Crippen LogP contribution in [-0.2, 0) is 11.3 Å². The number of hydrogen-bond acceptors (Lipinski definition) is 9. The number of halogens is 2. The number of amides is 2. The van der Waals surface area contributed by atoms with E-state index in [1.54, 1.807) is 31.2 Å². The van der Waals surface area contributed by atoms with Gasteiger partial charge >= 0.3 is 5.69 Å². The summed E-state index contributed by atoms with van der Waals surface area (Å²) in [6, 6.07) is 12.5. The van der Waals surface area contributed by atoms with Crippen LogP contribution in [0.5, 0.6) is 17.2 Å². The first-order chi connectivity index (χ1) is 18.6. The largest absolute Gasteiger partial charge is 0.490 e. The third-order valence-corrected chi connectivity index (χ3v) is 7.00. The van der Waals surface area contributed by atoms with Gasteiger partial charge in [0.2, 0.25) is 5.75 Å². The second-order valence-corrected chi connectivity index (χ2v) is 9.68. The van der Waals surface area contributed by atoms with Gasteiger partial charge in [-0.2, -0.15) is 0 Å². The Kier molecular flexibility index (Phi) is 8.38. The molecule has 0 radical (unpaired) electrons.